The lowest BCUT2D eigenvalue weighted by Crippen LogP contribution is -2.30. The number of hydrogen-bond donors (Lipinski definition) is 0. The van der Waals surface area contributed by atoms with Gasteiger partial charge < -0.3 is 9.47 Å². The van der Waals surface area contributed by atoms with Crippen LogP contribution in [0.15, 0.2) is 12.7 Å². The second-order valence-electron chi connectivity index (χ2n) is 5.02. The van der Waals surface area contributed by atoms with E-state index in [2.05, 4.69) is 13.5 Å². The highest BCUT2D eigenvalue weighted by Gasteiger charge is 2.18. The molecule has 1 rings (SSSR count). The van der Waals surface area contributed by atoms with E-state index in [1.54, 1.807) is 0 Å². The minimum Gasteiger partial charge on any atom is -0.353 e. The van der Waals surface area contributed by atoms with E-state index in [-0.39, 0.29) is 6.29 Å². The van der Waals surface area contributed by atoms with Crippen molar-refractivity contribution < 1.29 is 9.47 Å². The van der Waals surface area contributed by atoms with Crippen molar-refractivity contribution >= 4 is 0 Å². The van der Waals surface area contributed by atoms with Gasteiger partial charge in [-0.05, 0) is 39.0 Å². The maximum Gasteiger partial charge on any atom is 0.157 e. The van der Waals surface area contributed by atoms with Crippen LogP contribution in [0.2, 0.25) is 0 Å². The molecule has 0 amide bonds. The van der Waals surface area contributed by atoms with Crippen molar-refractivity contribution in [2.45, 2.75) is 77.1 Å². The molecule has 0 aromatic heterocycles. The monoisotopic (exact) mass is 240 g/mol. The van der Waals surface area contributed by atoms with Gasteiger partial charge in [-0.3, -0.25) is 0 Å². The van der Waals surface area contributed by atoms with E-state index in [4.69, 9.17) is 9.47 Å². The molecule has 1 saturated heterocycles. The molecule has 1 aliphatic rings. The fourth-order valence-electron chi connectivity index (χ4n) is 2.19. The number of unbranched alkanes of at least 4 members (excludes halogenated alkanes) is 6. The third-order valence-electron chi connectivity index (χ3n) is 3.31. The van der Waals surface area contributed by atoms with Crippen LogP contribution in [-0.4, -0.2) is 19.0 Å². The van der Waals surface area contributed by atoms with Crippen LogP contribution < -0.4 is 0 Å². The van der Waals surface area contributed by atoms with Gasteiger partial charge in [0.15, 0.2) is 6.29 Å². The van der Waals surface area contributed by atoms with Gasteiger partial charge in [-0.2, -0.15) is 0 Å². The standard InChI is InChI=1S/C15H28O2/c1-3-4-5-6-7-8-9-10-11-15-16-13-12-14(2)17-15/h3,14-15H,1,4-13H2,2H3/t14-,15-/m1/s1. The summed E-state index contributed by atoms with van der Waals surface area (Å²) in [5.41, 5.74) is 0. The zero-order valence-electron chi connectivity index (χ0n) is 11.3. The molecule has 2 heteroatoms. The molecule has 0 aliphatic carbocycles. The highest BCUT2D eigenvalue weighted by Crippen LogP contribution is 2.17. The van der Waals surface area contributed by atoms with Crippen molar-refractivity contribution in [1.29, 1.82) is 0 Å². The van der Waals surface area contributed by atoms with Crippen LogP contribution in [0.3, 0.4) is 0 Å². The topological polar surface area (TPSA) is 18.5 Å². The SMILES string of the molecule is C=CCCCCCCCC[C@@H]1OCC[C@@H](C)O1. The van der Waals surface area contributed by atoms with Crippen LogP contribution in [0.25, 0.3) is 0 Å². The molecule has 0 bridgehead atoms. The van der Waals surface area contributed by atoms with Crippen molar-refractivity contribution in [3.8, 4) is 0 Å². The minimum absolute atomic E-state index is 0.0690. The molecular weight excluding hydrogens is 212 g/mol. The molecular formula is C15H28O2. The lowest BCUT2D eigenvalue weighted by molar-refractivity contribution is -0.210. The summed E-state index contributed by atoms with van der Waals surface area (Å²) in [5, 5.41) is 0. The highest BCUT2D eigenvalue weighted by molar-refractivity contribution is 4.65. The first-order chi connectivity index (χ1) is 8.33. The van der Waals surface area contributed by atoms with Gasteiger partial charge in [-0.25, -0.2) is 0 Å². The highest BCUT2D eigenvalue weighted by atomic mass is 16.7. The Morgan fingerprint density at radius 3 is 2.53 bits per heavy atom. The zero-order valence-corrected chi connectivity index (χ0v) is 11.3. The molecule has 0 saturated carbocycles. The summed E-state index contributed by atoms with van der Waals surface area (Å²) in [6.07, 6.45) is 13.6. The molecule has 2 nitrogen and oxygen atoms in total. The maximum absolute atomic E-state index is 5.71. The fraction of sp³-hybridized carbons (Fsp3) is 0.867. The van der Waals surface area contributed by atoms with Crippen LogP contribution in [-0.2, 0) is 9.47 Å². The summed E-state index contributed by atoms with van der Waals surface area (Å²) in [7, 11) is 0. The van der Waals surface area contributed by atoms with Gasteiger partial charge in [0.2, 0.25) is 0 Å². The quantitative estimate of drug-likeness (QED) is 0.438. The van der Waals surface area contributed by atoms with Crippen molar-refractivity contribution in [3.63, 3.8) is 0 Å². The van der Waals surface area contributed by atoms with Gasteiger partial charge in [0, 0.05) is 0 Å². The van der Waals surface area contributed by atoms with Crippen LogP contribution in [0.1, 0.15) is 64.7 Å². The summed E-state index contributed by atoms with van der Waals surface area (Å²) in [6, 6.07) is 0. The first-order valence-corrected chi connectivity index (χ1v) is 7.21. The van der Waals surface area contributed by atoms with E-state index < -0.39 is 0 Å². The fourth-order valence-corrected chi connectivity index (χ4v) is 2.19. The summed E-state index contributed by atoms with van der Waals surface area (Å²) in [5.74, 6) is 0. The molecule has 17 heavy (non-hydrogen) atoms. The van der Waals surface area contributed by atoms with E-state index in [1.165, 1.54) is 44.9 Å². The van der Waals surface area contributed by atoms with Crippen LogP contribution in [0.5, 0.6) is 0 Å². The number of rotatable bonds is 9. The summed E-state index contributed by atoms with van der Waals surface area (Å²) >= 11 is 0. The second-order valence-corrected chi connectivity index (χ2v) is 5.02. The van der Waals surface area contributed by atoms with Crippen molar-refractivity contribution in [2.75, 3.05) is 6.61 Å². The van der Waals surface area contributed by atoms with E-state index in [0.717, 1.165) is 19.4 Å². The van der Waals surface area contributed by atoms with E-state index in [1.807, 2.05) is 6.08 Å². The Labute approximate surface area is 106 Å². The van der Waals surface area contributed by atoms with Crippen molar-refractivity contribution in [1.82, 2.24) is 0 Å². The molecule has 0 unspecified atom stereocenters. The minimum atomic E-state index is 0.0690. The second kappa shape index (κ2) is 9.67. The first kappa shape index (κ1) is 14.7. The predicted octanol–water partition coefficient (Wildman–Crippen LogP) is 4.44. The van der Waals surface area contributed by atoms with Gasteiger partial charge in [0.25, 0.3) is 0 Å². The van der Waals surface area contributed by atoms with Gasteiger partial charge in [0.1, 0.15) is 0 Å². The Balaban J connectivity index is 1.85. The molecule has 2 atom stereocenters. The molecule has 0 radical (unpaired) electrons. The summed E-state index contributed by atoms with van der Waals surface area (Å²) in [4.78, 5) is 0. The normalized spacial score (nSPS) is 24.8. The molecule has 1 fully saturated rings. The summed E-state index contributed by atoms with van der Waals surface area (Å²) in [6.45, 7) is 6.74. The Bertz CT molecular complexity index is 191. The van der Waals surface area contributed by atoms with E-state index >= 15 is 0 Å². The van der Waals surface area contributed by atoms with Crippen LogP contribution in [0, 0.1) is 0 Å². The van der Waals surface area contributed by atoms with Gasteiger partial charge >= 0.3 is 0 Å². The average molecular weight is 240 g/mol. The Kier molecular flexibility index (Phi) is 8.37. The van der Waals surface area contributed by atoms with E-state index in [0.29, 0.717) is 6.10 Å². The number of hydrogen-bond acceptors (Lipinski definition) is 2. The lowest BCUT2D eigenvalue weighted by atomic mass is 10.1. The first-order valence-electron chi connectivity index (χ1n) is 7.21. The summed E-state index contributed by atoms with van der Waals surface area (Å²) < 4.78 is 11.3. The Morgan fingerprint density at radius 2 is 1.82 bits per heavy atom. The molecule has 0 aromatic carbocycles. The smallest absolute Gasteiger partial charge is 0.157 e. The third-order valence-corrected chi connectivity index (χ3v) is 3.31. The molecule has 0 spiro atoms. The lowest BCUT2D eigenvalue weighted by Gasteiger charge is -2.28. The maximum atomic E-state index is 5.71. The molecule has 0 aromatic rings. The van der Waals surface area contributed by atoms with E-state index in [9.17, 15) is 0 Å². The molecule has 1 aliphatic heterocycles. The predicted molar refractivity (Wildman–Crippen MR) is 72.0 cm³/mol. The molecule has 0 N–H and O–H groups in total. The van der Waals surface area contributed by atoms with Gasteiger partial charge in [0.05, 0.1) is 12.7 Å². The van der Waals surface area contributed by atoms with Crippen LogP contribution >= 0.6 is 0 Å². The average Bonchev–Trinajstić information content (AvgIpc) is 2.33. The van der Waals surface area contributed by atoms with Crippen LogP contribution in [0.4, 0.5) is 0 Å². The number of allylic oxidation sites excluding steroid dienone is 1. The molecule has 100 valence electrons. The van der Waals surface area contributed by atoms with Crippen molar-refractivity contribution in [2.24, 2.45) is 0 Å². The molecule has 1 heterocycles. The number of ether oxygens (including phenoxy) is 2. The Hall–Kier alpha value is -0.340. The zero-order chi connectivity index (χ0) is 12.3. The largest absolute Gasteiger partial charge is 0.353 e. The Morgan fingerprint density at radius 1 is 1.12 bits per heavy atom. The third kappa shape index (κ3) is 7.56. The van der Waals surface area contributed by atoms with Gasteiger partial charge in [-0.1, -0.05) is 31.8 Å². The van der Waals surface area contributed by atoms with Gasteiger partial charge in [-0.15, -0.1) is 6.58 Å². The van der Waals surface area contributed by atoms with Crippen molar-refractivity contribution in [3.05, 3.63) is 12.7 Å².